The lowest BCUT2D eigenvalue weighted by atomic mass is 10.0. The number of rotatable bonds is 6. The minimum absolute atomic E-state index is 0.0138. The SMILES string of the molecule is CC(C)[C@H](N)C(=O)N(C)Cc1cc2c(cc1OC(F)F)OCO2. The van der Waals surface area contributed by atoms with Crippen LogP contribution in [-0.4, -0.2) is 37.3 Å². The van der Waals surface area contributed by atoms with Gasteiger partial charge in [0.15, 0.2) is 11.5 Å². The summed E-state index contributed by atoms with van der Waals surface area (Å²) in [5, 5.41) is 0. The van der Waals surface area contributed by atoms with E-state index < -0.39 is 12.7 Å². The number of benzene rings is 1. The van der Waals surface area contributed by atoms with E-state index in [9.17, 15) is 13.6 Å². The van der Waals surface area contributed by atoms with E-state index in [0.29, 0.717) is 17.1 Å². The molecule has 2 N–H and O–H groups in total. The van der Waals surface area contributed by atoms with Crippen molar-refractivity contribution in [1.29, 1.82) is 0 Å². The molecule has 23 heavy (non-hydrogen) atoms. The van der Waals surface area contributed by atoms with Crippen molar-refractivity contribution in [3.8, 4) is 17.2 Å². The third kappa shape index (κ3) is 4.01. The maximum absolute atomic E-state index is 12.6. The number of hydrogen-bond donors (Lipinski definition) is 1. The molecule has 0 bridgehead atoms. The number of nitrogens with two attached hydrogens (primary N) is 1. The average Bonchev–Trinajstić information content (AvgIpc) is 2.92. The Morgan fingerprint density at radius 2 is 1.96 bits per heavy atom. The van der Waals surface area contributed by atoms with E-state index in [4.69, 9.17) is 15.2 Å². The molecular weight excluding hydrogens is 310 g/mol. The summed E-state index contributed by atoms with van der Waals surface area (Å²) < 4.78 is 40.1. The van der Waals surface area contributed by atoms with Gasteiger partial charge < -0.3 is 24.8 Å². The van der Waals surface area contributed by atoms with Crippen LogP contribution in [0.15, 0.2) is 12.1 Å². The number of amides is 1. The summed E-state index contributed by atoms with van der Waals surface area (Å²) >= 11 is 0. The van der Waals surface area contributed by atoms with Crippen molar-refractivity contribution in [1.82, 2.24) is 4.90 Å². The minimum atomic E-state index is -2.98. The van der Waals surface area contributed by atoms with E-state index in [-0.39, 0.29) is 30.9 Å². The topological polar surface area (TPSA) is 74.0 Å². The van der Waals surface area contributed by atoms with Gasteiger partial charge >= 0.3 is 6.61 Å². The van der Waals surface area contributed by atoms with Crippen LogP contribution in [0, 0.1) is 5.92 Å². The number of alkyl halides is 2. The molecule has 2 rings (SSSR count). The largest absolute Gasteiger partial charge is 0.454 e. The van der Waals surface area contributed by atoms with Crippen molar-refractivity contribution in [2.45, 2.75) is 33.0 Å². The Bertz CT molecular complexity index is 581. The van der Waals surface area contributed by atoms with Crippen molar-refractivity contribution >= 4 is 5.91 Å². The van der Waals surface area contributed by atoms with Gasteiger partial charge in [-0.25, -0.2) is 0 Å². The van der Waals surface area contributed by atoms with E-state index in [1.807, 2.05) is 13.8 Å². The molecule has 1 atom stereocenters. The lowest BCUT2D eigenvalue weighted by Crippen LogP contribution is -2.44. The zero-order valence-corrected chi connectivity index (χ0v) is 13.2. The van der Waals surface area contributed by atoms with Gasteiger partial charge in [0.05, 0.1) is 6.04 Å². The fourth-order valence-corrected chi connectivity index (χ4v) is 2.17. The van der Waals surface area contributed by atoms with Crippen LogP contribution in [0.1, 0.15) is 19.4 Å². The van der Waals surface area contributed by atoms with Crippen LogP contribution >= 0.6 is 0 Å². The molecule has 1 aromatic carbocycles. The van der Waals surface area contributed by atoms with Crippen LogP contribution in [0.5, 0.6) is 17.2 Å². The molecule has 0 unspecified atom stereocenters. The monoisotopic (exact) mass is 330 g/mol. The quantitative estimate of drug-likeness (QED) is 0.863. The molecule has 0 saturated carbocycles. The molecule has 1 aliphatic heterocycles. The molecule has 1 amide bonds. The summed E-state index contributed by atoms with van der Waals surface area (Å²) in [5.41, 5.74) is 6.23. The summed E-state index contributed by atoms with van der Waals surface area (Å²) in [6, 6.07) is 2.21. The van der Waals surface area contributed by atoms with Gasteiger partial charge in [-0.05, 0) is 12.0 Å². The Kier molecular flexibility index (Phi) is 5.25. The van der Waals surface area contributed by atoms with Gasteiger partial charge in [-0.2, -0.15) is 8.78 Å². The standard InChI is InChI=1S/C15H20F2N2O4/c1-8(2)13(18)14(20)19(3)6-9-4-11-12(22-7-21-11)5-10(9)23-15(16)17/h4-5,8,13,15H,6-7,18H2,1-3H3/t13-/m0/s1. The van der Waals surface area contributed by atoms with Crippen molar-refractivity contribution in [3.63, 3.8) is 0 Å². The maximum atomic E-state index is 12.6. The number of fused-ring (bicyclic) bond motifs is 1. The molecule has 8 heteroatoms. The highest BCUT2D eigenvalue weighted by atomic mass is 19.3. The predicted octanol–water partition coefficient (Wildman–Crippen LogP) is 1.96. The fourth-order valence-electron chi connectivity index (χ4n) is 2.17. The van der Waals surface area contributed by atoms with Gasteiger partial charge in [-0.3, -0.25) is 4.79 Å². The van der Waals surface area contributed by atoms with Gasteiger partial charge in [-0.1, -0.05) is 13.8 Å². The van der Waals surface area contributed by atoms with Crippen molar-refractivity contribution < 1.29 is 27.8 Å². The highest BCUT2D eigenvalue weighted by molar-refractivity contribution is 5.81. The smallest absolute Gasteiger partial charge is 0.387 e. The van der Waals surface area contributed by atoms with Crippen molar-refractivity contribution in [2.24, 2.45) is 11.7 Å². The van der Waals surface area contributed by atoms with Crippen LogP contribution < -0.4 is 19.9 Å². The summed E-state index contributed by atoms with van der Waals surface area (Å²) in [4.78, 5) is 13.6. The number of carbonyl (C=O) groups excluding carboxylic acids is 1. The molecule has 6 nitrogen and oxygen atoms in total. The number of halogens is 2. The fraction of sp³-hybridized carbons (Fsp3) is 0.533. The molecule has 1 aliphatic rings. The Morgan fingerprint density at radius 1 is 1.35 bits per heavy atom. The van der Waals surface area contributed by atoms with E-state index in [0.717, 1.165) is 0 Å². The van der Waals surface area contributed by atoms with Crippen LogP contribution in [-0.2, 0) is 11.3 Å². The highest BCUT2D eigenvalue weighted by Crippen LogP contribution is 2.39. The van der Waals surface area contributed by atoms with Crippen molar-refractivity contribution in [3.05, 3.63) is 17.7 Å². The number of nitrogens with zero attached hydrogens (tertiary/aromatic N) is 1. The Labute approximate surface area is 133 Å². The molecule has 0 fully saturated rings. The van der Waals surface area contributed by atoms with Crippen LogP contribution in [0.3, 0.4) is 0 Å². The van der Waals surface area contributed by atoms with E-state index in [2.05, 4.69) is 4.74 Å². The van der Waals surface area contributed by atoms with Crippen LogP contribution in [0.25, 0.3) is 0 Å². The normalized spacial score (nSPS) is 14.3. The molecule has 0 spiro atoms. The summed E-state index contributed by atoms with van der Waals surface area (Å²) in [6.07, 6.45) is 0. The van der Waals surface area contributed by atoms with Gasteiger partial charge in [0.2, 0.25) is 12.7 Å². The zero-order chi connectivity index (χ0) is 17.1. The predicted molar refractivity (Wildman–Crippen MR) is 78.5 cm³/mol. The lowest BCUT2D eigenvalue weighted by molar-refractivity contribution is -0.132. The first-order valence-electron chi connectivity index (χ1n) is 7.17. The molecule has 1 aromatic rings. The average molecular weight is 330 g/mol. The third-order valence-corrected chi connectivity index (χ3v) is 3.56. The van der Waals surface area contributed by atoms with Gasteiger partial charge in [0.1, 0.15) is 5.75 Å². The minimum Gasteiger partial charge on any atom is -0.454 e. The van der Waals surface area contributed by atoms with Crippen LogP contribution in [0.2, 0.25) is 0 Å². The first-order valence-corrected chi connectivity index (χ1v) is 7.17. The van der Waals surface area contributed by atoms with E-state index in [1.54, 1.807) is 7.05 Å². The Balaban J connectivity index is 2.22. The highest BCUT2D eigenvalue weighted by Gasteiger charge is 2.25. The molecule has 0 saturated heterocycles. The molecular formula is C15H20F2N2O4. The van der Waals surface area contributed by atoms with E-state index in [1.165, 1.54) is 17.0 Å². The number of likely N-dealkylation sites (N-methyl/N-ethyl adjacent to an activating group) is 1. The van der Waals surface area contributed by atoms with Crippen molar-refractivity contribution in [2.75, 3.05) is 13.8 Å². The lowest BCUT2D eigenvalue weighted by Gasteiger charge is -2.24. The Hall–Kier alpha value is -2.09. The third-order valence-electron chi connectivity index (χ3n) is 3.56. The summed E-state index contributed by atoms with van der Waals surface area (Å²) in [7, 11) is 1.56. The Morgan fingerprint density at radius 3 is 2.52 bits per heavy atom. The zero-order valence-electron chi connectivity index (χ0n) is 13.2. The second kappa shape index (κ2) is 6.99. The molecule has 0 aliphatic carbocycles. The summed E-state index contributed by atoms with van der Waals surface area (Å²) in [5.74, 6) is 0.397. The molecule has 128 valence electrons. The number of carbonyl (C=O) groups is 1. The summed E-state index contributed by atoms with van der Waals surface area (Å²) in [6.45, 7) is 0.774. The second-order valence-electron chi connectivity index (χ2n) is 5.66. The molecule has 0 aromatic heterocycles. The maximum Gasteiger partial charge on any atom is 0.387 e. The van der Waals surface area contributed by atoms with Gasteiger partial charge in [0.25, 0.3) is 0 Å². The first kappa shape index (κ1) is 17.3. The van der Waals surface area contributed by atoms with Gasteiger partial charge in [0, 0.05) is 25.2 Å². The number of ether oxygens (including phenoxy) is 3. The number of hydrogen-bond acceptors (Lipinski definition) is 5. The second-order valence-corrected chi connectivity index (χ2v) is 5.66. The van der Waals surface area contributed by atoms with Gasteiger partial charge in [-0.15, -0.1) is 0 Å². The first-order chi connectivity index (χ1) is 10.8. The van der Waals surface area contributed by atoms with E-state index >= 15 is 0 Å². The van der Waals surface area contributed by atoms with Crippen LogP contribution in [0.4, 0.5) is 8.78 Å². The molecule has 0 radical (unpaired) electrons. The molecule has 1 heterocycles.